The summed E-state index contributed by atoms with van der Waals surface area (Å²) < 4.78 is 0. The first kappa shape index (κ1) is 17.6. The summed E-state index contributed by atoms with van der Waals surface area (Å²) in [6.45, 7) is 2.92. The fourth-order valence-electron chi connectivity index (χ4n) is 3.57. The highest BCUT2D eigenvalue weighted by Crippen LogP contribution is 2.27. The van der Waals surface area contributed by atoms with Gasteiger partial charge in [0.25, 0.3) is 5.91 Å². The minimum Gasteiger partial charge on any atom is -0.358 e. The highest BCUT2D eigenvalue weighted by atomic mass is 35.5. The summed E-state index contributed by atoms with van der Waals surface area (Å²) in [6, 6.07) is 14.1. The maximum atomic E-state index is 12.9. The fourth-order valence-corrected chi connectivity index (χ4v) is 3.70. The molecule has 0 bridgehead atoms. The molecule has 0 radical (unpaired) electrons. The van der Waals surface area contributed by atoms with Crippen molar-refractivity contribution >= 4 is 34.3 Å². The molecule has 0 unspecified atom stereocenters. The van der Waals surface area contributed by atoms with Gasteiger partial charge in [0.05, 0.1) is 0 Å². The molecule has 138 valence electrons. The largest absolute Gasteiger partial charge is 0.358 e. The predicted molar refractivity (Wildman–Crippen MR) is 106 cm³/mol. The van der Waals surface area contributed by atoms with Crippen LogP contribution in [0.3, 0.4) is 0 Å². The van der Waals surface area contributed by atoms with Gasteiger partial charge in [-0.05, 0) is 37.3 Å². The van der Waals surface area contributed by atoms with Crippen molar-refractivity contribution in [1.82, 2.24) is 15.2 Å². The summed E-state index contributed by atoms with van der Waals surface area (Å²) in [4.78, 5) is 30.5. The number of amides is 2. The highest BCUT2D eigenvalue weighted by molar-refractivity contribution is 6.30. The third kappa shape index (κ3) is 3.43. The van der Waals surface area contributed by atoms with Crippen LogP contribution >= 0.6 is 11.6 Å². The number of nitrogens with one attached hydrogen (secondary N) is 2. The summed E-state index contributed by atoms with van der Waals surface area (Å²) in [5.41, 5.74) is 3.94. The number of carbonyl (C=O) groups is 2. The zero-order valence-corrected chi connectivity index (χ0v) is 15.7. The Hall–Kier alpha value is -2.79. The molecule has 0 fully saturated rings. The van der Waals surface area contributed by atoms with Gasteiger partial charge in [-0.2, -0.15) is 0 Å². The second-order valence-electron chi connectivity index (χ2n) is 6.84. The summed E-state index contributed by atoms with van der Waals surface area (Å²) in [7, 11) is 0. The molecule has 2 amide bonds. The third-order valence-electron chi connectivity index (χ3n) is 5.02. The number of hydrogen-bond acceptors (Lipinski definition) is 2. The first-order valence-corrected chi connectivity index (χ1v) is 9.34. The van der Waals surface area contributed by atoms with E-state index >= 15 is 0 Å². The quantitative estimate of drug-likeness (QED) is 0.729. The lowest BCUT2D eigenvalue weighted by Gasteiger charge is -2.30. The van der Waals surface area contributed by atoms with Gasteiger partial charge in [0.15, 0.2) is 0 Å². The van der Waals surface area contributed by atoms with Crippen molar-refractivity contribution in [2.45, 2.75) is 25.9 Å². The van der Waals surface area contributed by atoms with Crippen molar-refractivity contribution in [3.05, 3.63) is 70.4 Å². The Bertz CT molecular complexity index is 1010. The van der Waals surface area contributed by atoms with Crippen molar-refractivity contribution in [3.63, 3.8) is 0 Å². The molecule has 0 aliphatic carbocycles. The Labute approximate surface area is 162 Å². The minimum atomic E-state index is -0.597. The number of H-pyrrole nitrogens is 1. The highest BCUT2D eigenvalue weighted by Gasteiger charge is 2.27. The van der Waals surface area contributed by atoms with Crippen molar-refractivity contribution in [2.75, 3.05) is 6.54 Å². The lowest BCUT2D eigenvalue weighted by atomic mass is 10.0. The molecule has 6 heteroatoms. The van der Waals surface area contributed by atoms with E-state index in [0.29, 0.717) is 23.7 Å². The summed E-state index contributed by atoms with van der Waals surface area (Å²) in [5.74, 6) is -0.356. The van der Waals surface area contributed by atoms with Gasteiger partial charge in [0.2, 0.25) is 5.91 Å². The van der Waals surface area contributed by atoms with E-state index in [1.165, 1.54) is 11.3 Å². The SMILES string of the molecule is C[C@H](NC(=O)c1ccc(Cl)cc1)C(=O)N1CCc2[nH]c3ccccc3c2C1. The minimum absolute atomic E-state index is 0.0757. The number of fused-ring (bicyclic) bond motifs is 3. The average molecular weight is 382 g/mol. The summed E-state index contributed by atoms with van der Waals surface area (Å²) in [5, 5.41) is 4.51. The molecule has 1 aliphatic rings. The Kier molecular flexibility index (Phi) is 4.62. The van der Waals surface area contributed by atoms with E-state index in [1.807, 2.05) is 17.0 Å². The van der Waals surface area contributed by atoms with Gasteiger partial charge in [-0.15, -0.1) is 0 Å². The number of carbonyl (C=O) groups excluding carboxylic acids is 2. The van der Waals surface area contributed by atoms with Crippen LogP contribution in [-0.2, 0) is 17.8 Å². The standard InChI is InChI=1S/C21H20ClN3O2/c1-13(23-20(26)14-6-8-15(22)9-7-14)21(27)25-11-10-19-17(12-25)16-4-2-3-5-18(16)24-19/h2-9,13,24H,10-12H2,1H3,(H,23,26)/t13-/m0/s1. The topological polar surface area (TPSA) is 65.2 Å². The van der Waals surface area contributed by atoms with Crippen LogP contribution in [0.25, 0.3) is 10.9 Å². The molecule has 2 heterocycles. The zero-order chi connectivity index (χ0) is 19.0. The lowest BCUT2D eigenvalue weighted by Crippen LogP contribution is -2.48. The third-order valence-corrected chi connectivity index (χ3v) is 5.27. The van der Waals surface area contributed by atoms with Crippen LogP contribution in [0, 0.1) is 0 Å². The molecule has 4 rings (SSSR count). The lowest BCUT2D eigenvalue weighted by molar-refractivity contribution is -0.133. The van der Waals surface area contributed by atoms with Gasteiger partial charge in [0, 0.05) is 52.3 Å². The first-order valence-electron chi connectivity index (χ1n) is 8.96. The van der Waals surface area contributed by atoms with Crippen molar-refractivity contribution < 1.29 is 9.59 Å². The number of rotatable bonds is 3. The molecule has 0 saturated heterocycles. The molecule has 1 aromatic heterocycles. The molecule has 27 heavy (non-hydrogen) atoms. The maximum Gasteiger partial charge on any atom is 0.251 e. The van der Waals surface area contributed by atoms with Crippen molar-refractivity contribution in [2.24, 2.45) is 0 Å². The Morgan fingerprint density at radius 1 is 1.15 bits per heavy atom. The van der Waals surface area contributed by atoms with Crippen LogP contribution in [-0.4, -0.2) is 34.3 Å². The van der Waals surface area contributed by atoms with E-state index in [-0.39, 0.29) is 11.8 Å². The number of benzene rings is 2. The molecule has 5 nitrogen and oxygen atoms in total. The molecule has 2 aromatic carbocycles. The van der Waals surface area contributed by atoms with E-state index in [0.717, 1.165) is 17.3 Å². The van der Waals surface area contributed by atoms with E-state index < -0.39 is 6.04 Å². The molecule has 2 N–H and O–H groups in total. The van der Waals surface area contributed by atoms with Crippen LogP contribution in [0.15, 0.2) is 48.5 Å². The second-order valence-corrected chi connectivity index (χ2v) is 7.28. The monoisotopic (exact) mass is 381 g/mol. The molecule has 3 aromatic rings. The fraction of sp³-hybridized carbons (Fsp3) is 0.238. The van der Waals surface area contributed by atoms with E-state index in [1.54, 1.807) is 31.2 Å². The maximum absolute atomic E-state index is 12.9. The van der Waals surface area contributed by atoms with Crippen LogP contribution in [0.1, 0.15) is 28.5 Å². The van der Waals surface area contributed by atoms with Gasteiger partial charge in [-0.25, -0.2) is 0 Å². The van der Waals surface area contributed by atoms with Crippen LogP contribution < -0.4 is 5.32 Å². The van der Waals surface area contributed by atoms with Gasteiger partial charge in [-0.3, -0.25) is 9.59 Å². The summed E-state index contributed by atoms with van der Waals surface area (Å²) >= 11 is 5.85. The Balaban J connectivity index is 1.46. The molecule has 0 spiro atoms. The average Bonchev–Trinajstić information content (AvgIpc) is 3.05. The van der Waals surface area contributed by atoms with E-state index in [4.69, 9.17) is 11.6 Å². The molecule has 0 saturated carbocycles. The zero-order valence-electron chi connectivity index (χ0n) is 15.0. The number of aromatic amines is 1. The van der Waals surface area contributed by atoms with Gasteiger partial charge >= 0.3 is 0 Å². The summed E-state index contributed by atoms with van der Waals surface area (Å²) in [6.07, 6.45) is 0.785. The number of halogens is 1. The van der Waals surface area contributed by atoms with E-state index in [2.05, 4.69) is 22.4 Å². The smallest absolute Gasteiger partial charge is 0.251 e. The molecular formula is C21H20ClN3O2. The van der Waals surface area contributed by atoms with Crippen LogP contribution in [0.2, 0.25) is 5.02 Å². The number of nitrogens with zero attached hydrogens (tertiary/aromatic N) is 1. The number of aromatic nitrogens is 1. The second kappa shape index (κ2) is 7.08. The van der Waals surface area contributed by atoms with Gasteiger partial charge in [-0.1, -0.05) is 29.8 Å². The van der Waals surface area contributed by atoms with Crippen molar-refractivity contribution in [3.8, 4) is 0 Å². The Morgan fingerprint density at radius 3 is 2.67 bits per heavy atom. The number of hydrogen-bond donors (Lipinski definition) is 2. The van der Waals surface area contributed by atoms with E-state index in [9.17, 15) is 9.59 Å². The molecular weight excluding hydrogens is 362 g/mol. The van der Waals surface area contributed by atoms with Gasteiger partial charge < -0.3 is 15.2 Å². The van der Waals surface area contributed by atoms with Crippen LogP contribution in [0.4, 0.5) is 0 Å². The molecule has 1 atom stereocenters. The molecule has 1 aliphatic heterocycles. The number of para-hydroxylation sites is 1. The van der Waals surface area contributed by atoms with Crippen LogP contribution in [0.5, 0.6) is 0 Å². The normalized spacial score (nSPS) is 14.7. The van der Waals surface area contributed by atoms with Crippen molar-refractivity contribution in [1.29, 1.82) is 0 Å². The van der Waals surface area contributed by atoms with Gasteiger partial charge in [0.1, 0.15) is 6.04 Å². The Morgan fingerprint density at radius 2 is 1.89 bits per heavy atom. The first-order chi connectivity index (χ1) is 13.0. The predicted octanol–water partition coefficient (Wildman–Crippen LogP) is 3.52.